The fourth-order valence-electron chi connectivity index (χ4n) is 1.40. The Morgan fingerprint density at radius 1 is 1.47 bits per heavy atom. The lowest BCUT2D eigenvalue weighted by Gasteiger charge is -2.09. The summed E-state index contributed by atoms with van der Waals surface area (Å²) >= 11 is 0. The van der Waals surface area contributed by atoms with Gasteiger partial charge in [-0.1, -0.05) is 0 Å². The molecule has 0 aromatic carbocycles. The summed E-state index contributed by atoms with van der Waals surface area (Å²) in [5, 5.41) is 2.75. The summed E-state index contributed by atoms with van der Waals surface area (Å²) in [6.07, 6.45) is 3.23. The van der Waals surface area contributed by atoms with Crippen LogP contribution in [0.5, 0.6) is 0 Å². The highest BCUT2D eigenvalue weighted by Gasteiger charge is 2.05. The first-order valence-electron chi connectivity index (χ1n) is 5.64. The Morgan fingerprint density at radius 3 is 2.88 bits per heavy atom. The van der Waals surface area contributed by atoms with Crippen molar-refractivity contribution in [3.05, 3.63) is 29.8 Å². The number of carbonyl (C=O) groups excluding carboxylic acids is 1. The van der Waals surface area contributed by atoms with E-state index in [-0.39, 0.29) is 5.91 Å². The van der Waals surface area contributed by atoms with E-state index < -0.39 is 5.95 Å². The van der Waals surface area contributed by atoms with Crippen LogP contribution in [-0.2, 0) is 0 Å². The van der Waals surface area contributed by atoms with Gasteiger partial charge in [-0.05, 0) is 39.5 Å². The van der Waals surface area contributed by atoms with Crippen LogP contribution in [0.25, 0.3) is 0 Å². The zero-order valence-corrected chi connectivity index (χ0v) is 10.2. The first kappa shape index (κ1) is 13.6. The maximum Gasteiger partial charge on any atom is 0.251 e. The highest BCUT2D eigenvalue weighted by Crippen LogP contribution is 2.00. The van der Waals surface area contributed by atoms with Crippen LogP contribution >= 0.6 is 0 Å². The molecule has 1 N–H and O–H groups in total. The summed E-state index contributed by atoms with van der Waals surface area (Å²) in [5.74, 6) is -0.888. The average molecular weight is 239 g/mol. The second kappa shape index (κ2) is 6.96. The summed E-state index contributed by atoms with van der Waals surface area (Å²) in [6, 6.07) is 2.63. The van der Waals surface area contributed by atoms with Gasteiger partial charge < -0.3 is 10.2 Å². The smallest absolute Gasteiger partial charge is 0.251 e. The lowest BCUT2D eigenvalue weighted by Crippen LogP contribution is -2.25. The van der Waals surface area contributed by atoms with Crippen molar-refractivity contribution in [2.75, 3.05) is 27.2 Å². The molecule has 1 aromatic heterocycles. The molecule has 17 heavy (non-hydrogen) atoms. The number of rotatable bonds is 6. The van der Waals surface area contributed by atoms with Gasteiger partial charge in [-0.2, -0.15) is 4.39 Å². The van der Waals surface area contributed by atoms with Crippen molar-refractivity contribution >= 4 is 5.91 Å². The van der Waals surface area contributed by atoms with E-state index in [9.17, 15) is 9.18 Å². The number of pyridine rings is 1. The highest BCUT2D eigenvalue weighted by molar-refractivity contribution is 5.93. The molecule has 0 radical (unpaired) electrons. The standard InChI is InChI=1S/C12H18FN3O/c1-16(2)8-4-3-6-15-12(17)10-5-7-14-11(13)9-10/h5,7,9H,3-4,6,8H2,1-2H3,(H,15,17). The van der Waals surface area contributed by atoms with E-state index in [1.54, 1.807) is 0 Å². The van der Waals surface area contributed by atoms with Crippen molar-refractivity contribution in [2.45, 2.75) is 12.8 Å². The molecule has 1 amide bonds. The molecule has 5 heteroatoms. The normalized spacial score (nSPS) is 10.6. The van der Waals surface area contributed by atoms with Gasteiger partial charge in [0, 0.05) is 24.4 Å². The third kappa shape index (κ3) is 5.40. The summed E-state index contributed by atoms with van der Waals surface area (Å²) in [6.45, 7) is 1.61. The molecule has 0 atom stereocenters. The minimum atomic E-state index is -0.634. The van der Waals surface area contributed by atoms with Gasteiger partial charge in [0.15, 0.2) is 0 Å². The van der Waals surface area contributed by atoms with Crippen molar-refractivity contribution in [2.24, 2.45) is 0 Å². The van der Waals surface area contributed by atoms with Crippen molar-refractivity contribution in [1.82, 2.24) is 15.2 Å². The van der Waals surface area contributed by atoms with Crippen LogP contribution in [0.2, 0.25) is 0 Å². The SMILES string of the molecule is CN(C)CCCCNC(=O)c1ccnc(F)c1. The number of hydrogen-bond donors (Lipinski definition) is 1. The highest BCUT2D eigenvalue weighted by atomic mass is 19.1. The van der Waals surface area contributed by atoms with Crippen LogP contribution in [0.15, 0.2) is 18.3 Å². The molecule has 0 saturated carbocycles. The average Bonchev–Trinajstić information content (AvgIpc) is 2.28. The lowest BCUT2D eigenvalue weighted by molar-refractivity contribution is 0.0952. The van der Waals surface area contributed by atoms with Gasteiger partial charge in [0.1, 0.15) is 0 Å². The van der Waals surface area contributed by atoms with E-state index in [0.717, 1.165) is 25.5 Å². The van der Waals surface area contributed by atoms with E-state index >= 15 is 0 Å². The fourth-order valence-corrected chi connectivity index (χ4v) is 1.40. The van der Waals surface area contributed by atoms with E-state index in [1.807, 2.05) is 14.1 Å². The minimum absolute atomic E-state index is 0.254. The van der Waals surface area contributed by atoms with Gasteiger partial charge in [-0.25, -0.2) is 4.98 Å². The number of halogens is 1. The molecule has 4 nitrogen and oxygen atoms in total. The van der Waals surface area contributed by atoms with Gasteiger partial charge in [0.05, 0.1) is 0 Å². The molecular formula is C12H18FN3O. The molecule has 94 valence electrons. The number of hydrogen-bond acceptors (Lipinski definition) is 3. The molecule has 0 saturated heterocycles. The van der Waals surface area contributed by atoms with E-state index in [4.69, 9.17) is 0 Å². The Balaban J connectivity index is 2.26. The second-order valence-corrected chi connectivity index (χ2v) is 4.13. The Hall–Kier alpha value is -1.49. The van der Waals surface area contributed by atoms with Crippen molar-refractivity contribution in [3.63, 3.8) is 0 Å². The zero-order chi connectivity index (χ0) is 12.7. The van der Waals surface area contributed by atoms with Crippen LogP contribution in [0.1, 0.15) is 23.2 Å². The third-order valence-electron chi connectivity index (χ3n) is 2.31. The molecule has 0 aliphatic rings. The number of nitrogens with one attached hydrogen (secondary N) is 1. The summed E-state index contributed by atoms with van der Waals surface area (Å²) in [5.41, 5.74) is 0.310. The summed E-state index contributed by atoms with van der Waals surface area (Å²) in [4.78, 5) is 17.1. The number of amides is 1. The Labute approximate surface area is 101 Å². The minimum Gasteiger partial charge on any atom is -0.352 e. The van der Waals surface area contributed by atoms with Gasteiger partial charge >= 0.3 is 0 Å². The number of carbonyl (C=O) groups is 1. The van der Waals surface area contributed by atoms with Crippen LogP contribution < -0.4 is 5.32 Å². The Kier molecular flexibility index (Phi) is 5.56. The first-order chi connectivity index (χ1) is 8.09. The summed E-state index contributed by atoms with van der Waals surface area (Å²) < 4.78 is 12.8. The van der Waals surface area contributed by atoms with Gasteiger partial charge in [0.25, 0.3) is 5.91 Å². The molecule has 1 rings (SSSR count). The number of unbranched alkanes of at least 4 members (excludes halogenated alkanes) is 1. The van der Waals surface area contributed by atoms with Gasteiger partial charge in [-0.3, -0.25) is 4.79 Å². The zero-order valence-electron chi connectivity index (χ0n) is 10.2. The van der Waals surface area contributed by atoms with E-state index in [2.05, 4.69) is 15.2 Å². The summed E-state index contributed by atoms with van der Waals surface area (Å²) in [7, 11) is 4.02. The van der Waals surface area contributed by atoms with E-state index in [1.165, 1.54) is 12.3 Å². The molecule has 0 fully saturated rings. The molecule has 0 aliphatic carbocycles. The Morgan fingerprint density at radius 2 is 2.24 bits per heavy atom. The van der Waals surface area contributed by atoms with Crippen molar-refractivity contribution in [1.29, 1.82) is 0 Å². The van der Waals surface area contributed by atoms with Crippen LogP contribution in [-0.4, -0.2) is 43.0 Å². The topological polar surface area (TPSA) is 45.2 Å². The molecule has 0 unspecified atom stereocenters. The predicted molar refractivity (Wildman–Crippen MR) is 64.3 cm³/mol. The van der Waals surface area contributed by atoms with Crippen molar-refractivity contribution < 1.29 is 9.18 Å². The maximum atomic E-state index is 12.8. The van der Waals surface area contributed by atoms with Crippen LogP contribution in [0, 0.1) is 5.95 Å². The second-order valence-electron chi connectivity index (χ2n) is 4.13. The lowest BCUT2D eigenvalue weighted by atomic mass is 10.2. The molecular weight excluding hydrogens is 221 g/mol. The largest absolute Gasteiger partial charge is 0.352 e. The van der Waals surface area contributed by atoms with Gasteiger partial charge in [-0.15, -0.1) is 0 Å². The van der Waals surface area contributed by atoms with Crippen LogP contribution in [0.3, 0.4) is 0 Å². The molecule has 0 spiro atoms. The predicted octanol–water partition coefficient (Wildman–Crippen LogP) is 1.29. The third-order valence-corrected chi connectivity index (χ3v) is 2.31. The van der Waals surface area contributed by atoms with Crippen LogP contribution in [0.4, 0.5) is 4.39 Å². The molecule has 0 aliphatic heterocycles. The quantitative estimate of drug-likeness (QED) is 0.601. The van der Waals surface area contributed by atoms with Crippen molar-refractivity contribution in [3.8, 4) is 0 Å². The fraction of sp³-hybridized carbons (Fsp3) is 0.500. The molecule has 1 heterocycles. The molecule has 0 bridgehead atoms. The molecule has 1 aromatic rings. The Bertz CT molecular complexity index is 369. The number of aromatic nitrogens is 1. The monoisotopic (exact) mass is 239 g/mol. The van der Waals surface area contributed by atoms with Gasteiger partial charge in [0.2, 0.25) is 5.95 Å². The number of nitrogens with zero attached hydrogens (tertiary/aromatic N) is 2. The first-order valence-corrected chi connectivity index (χ1v) is 5.64. The maximum absolute atomic E-state index is 12.8. The van der Waals surface area contributed by atoms with E-state index in [0.29, 0.717) is 12.1 Å².